The van der Waals surface area contributed by atoms with Crippen LogP contribution in [0.1, 0.15) is 12.5 Å². The van der Waals surface area contributed by atoms with Crippen molar-refractivity contribution in [1.29, 1.82) is 0 Å². The van der Waals surface area contributed by atoms with Gasteiger partial charge in [-0.25, -0.2) is 13.2 Å². The Hall–Kier alpha value is -1.56. The lowest BCUT2D eigenvalue weighted by atomic mass is 10.2. The standard InChI is InChI=1S/C12H17NO4S/c1-3-17-12(14)13-8-9-18(15,16)11-6-4-10(2)5-7-11/h4-7H,3,8-9H2,1-2H3,(H,13,14). The summed E-state index contributed by atoms with van der Waals surface area (Å²) in [6.45, 7) is 3.87. The van der Waals surface area contributed by atoms with E-state index in [9.17, 15) is 13.2 Å². The van der Waals surface area contributed by atoms with Gasteiger partial charge in [0.05, 0.1) is 17.3 Å². The number of ether oxygens (including phenoxy) is 1. The number of nitrogens with one attached hydrogen (secondary N) is 1. The second-order valence-electron chi connectivity index (χ2n) is 3.78. The maximum Gasteiger partial charge on any atom is 0.407 e. The topological polar surface area (TPSA) is 72.5 Å². The summed E-state index contributed by atoms with van der Waals surface area (Å²) in [5, 5.41) is 2.38. The van der Waals surface area contributed by atoms with Gasteiger partial charge in [-0.15, -0.1) is 0 Å². The smallest absolute Gasteiger partial charge is 0.407 e. The molecule has 0 bridgehead atoms. The lowest BCUT2D eigenvalue weighted by molar-refractivity contribution is 0.153. The van der Waals surface area contributed by atoms with Crippen LogP contribution in [0.5, 0.6) is 0 Å². The summed E-state index contributed by atoms with van der Waals surface area (Å²) in [5.41, 5.74) is 0.999. The Balaban J connectivity index is 2.55. The number of hydrogen-bond acceptors (Lipinski definition) is 4. The monoisotopic (exact) mass is 271 g/mol. The zero-order chi connectivity index (χ0) is 13.6. The van der Waals surface area contributed by atoms with E-state index in [1.807, 2.05) is 6.92 Å². The van der Waals surface area contributed by atoms with Crippen LogP contribution in [0.4, 0.5) is 4.79 Å². The maximum absolute atomic E-state index is 11.9. The third-order valence-electron chi connectivity index (χ3n) is 2.30. The average molecular weight is 271 g/mol. The van der Waals surface area contributed by atoms with Crippen LogP contribution >= 0.6 is 0 Å². The van der Waals surface area contributed by atoms with Crippen molar-refractivity contribution in [1.82, 2.24) is 5.32 Å². The molecule has 1 rings (SSSR count). The number of sulfone groups is 1. The van der Waals surface area contributed by atoms with Crippen LogP contribution in [0.3, 0.4) is 0 Å². The molecule has 0 unspecified atom stereocenters. The Morgan fingerprint density at radius 3 is 2.44 bits per heavy atom. The van der Waals surface area contributed by atoms with Crippen LogP contribution in [0.25, 0.3) is 0 Å². The van der Waals surface area contributed by atoms with Crippen LogP contribution in [-0.4, -0.2) is 33.4 Å². The Morgan fingerprint density at radius 1 is 1.28 bits per heavy atom. The van der Waals surface area contributed by atoms with Gasteiger partial charge < -0.3 is 10.1 Å². The van der Waals surface area contributed by atoms with E-state index in [0.717, 1.165) is 5.56 Å². The Bertz CT molecular complexity index is 493. The van der Waals surface area contributed by atoms with Crippen LogP contribution in [0, 0.1) is 6.92 Å². The number of alkyl carbamates (subject to hydrolysis) is 1. The van der Waals surface area contributed by atoms with Crippen LogP contribution in [0.2, 0.25) is 0 Å². The summed E-state index contributed by atoms with van der Waals surface area (Å²) in [4.78, 5) is 11.2. The Kier molecular flexibility index (Phi) is 5.15. The summed E-state index contributed by atoms with van der Waals surface area (Å²) in [7, 11) is -3.36. The van der Waals surface area contributed by atoms with Crippen molar-refractivity contribution in [3.8, 4) is 0 Å². The van der Waals surface area contributed by atoms with E-state index in [1.165, 1.54) is 0 Å². The molecule has 0 aromatic heterocycles. The fraction of sp³-hybridized carbons (Fsp3) is 0.417. The summed E-state index contributed by atoms with van der Waals surface area (Å²) in [6.07, 6.45) is -0.600. The molecule has 0 saturated heterocycles. The quantitative estimate of drug-likeness (QED) is 0.881. The molecule has 100 valence electrons. The number of benzene rings is 1. The van der Waals surface area contributed by atoms with Gasteiger partial charge in [-0.3, -0.25) is 0 Å². The fourth-order valence-corrected chi connectivity index (χ4v) is 2.49. The lowest BCUT2D eigenvalue weighted by Gasteiger charge is -2.06. The molecule has 1 amide bonds. The van der Waals surface area contributed by atoms with E-state index < -0.39 is 15.9 Å². The van der Waals surface area contributed by atoms with Crippen LogP contribution < -0.4 is 5.32 Å². The second-order valence-corrected chi connectivity index (χ2v) is 5.89. The zero-order valence-electron chi connectivity index (χ0n) is 10.5. The molecule has 1 aromatic rings. The normalized spacial score (nSPS) is 11.0. The summed E-state index contributed by atoms with van der Waals surface area (Å²) in [6, 6.07) is 6.61. The van der Waals surface area contributed by atoms with E-state index in [0.29, 0.717) is 0 Å². The highest BCUT2D eigenvalue weighted by molar-refractivity contribution is 7.91. The van der Waals surface area contributed by atoms with Gasteiger partial charge in [0.2, 0.25) is 0 Å². The van der Waals surface area contributed by atoms with Gasteiger partial charge in [-0.05, 0) is 26.0 Å². The molecule has 0 fully saturated rings. The van der Waals surface area contributed by atoms with Crippen molar-refractivity contribution in [3.63, 3.8) is 0 Å². The van der Waals surface area contributed by atoms with Crippen molar-refractivity contribution in [2.24, 2.45) is 0 Å². The molecular formula is C12H17NO4S. The van der Waals surface area contributed by atoms with Gasteiger partial charge in [0.1, 0.15) is 0 Å². The van der Waals surface area contributed by atoms with Gasteiger partial charge in [0.25, 0.3) is 0 Å². The van der Waals surface area contributed by atoms with E-state index in [2.05, 4.69) is 10.1 Å². The van der Waals surface area contributed by atoms with Crippen LogP contribution in [-0.2, 0) is 14.6 Å². The molecule has 0 heterocycles. The molecule has 18 heavy (non-hydrogen) atoms. The summed E-state index contributed by atoms with van der Waals surface area (Å²) in [5.74, 6) is -0.144. The predicted molar refractivity (Wildman–Crippen MR) is 68.3 cm³/mol. The van der Waals surface area contributed by atoms with E-state index in [1.54, 1.807) is 31.2 Å². The molecule has 5 nitrogen and oxygen atoms in total. The van der Waals surface area contributed by atoms with Crippen molar-refractivity contribution < 1.29 is 17.9 Å². The number of aryl methyl sites for hydroxylation is 1. The summed E-state index contributed by atoms with van der Waals surface area (Å²) >= 11 is 0. The minimum absolute atomic E-state index is 0.0367. The molecule has 0 radical (unpaired) electrons. The second kappa shape index (κ2) is 6.39. The van der Waals surface area contributed by atoms with Crippen molar-refractivity contribution in [3.05, 3.63) is 29.8 Å². The van der Waals surface area contributed by atoms with Crippen molar-refractivity contribution in [2.75, 3.05) is 18.9 Å². The fourth-order valence-electron chi connectivity index (χ4n) is 1.33. The third-order valence-corrected chi connectivity index (χ3v) is 4.03. The van der Waals surface area contributed by atoms with Gasteiger partial charge in [-0.2, -0.15) is 0 Å². The molecule has 0 aliphatic carbocycles. The molecule has 0 atom stereocenters. The van der Waals surface area contributed by atoms with Gasteiger partial charge in [0.15, 0.2) is 9.84 Å². The van der Waals surface area contributed by atoms with E-state index in [-0.39, 0.29) is 23.8 Å². The van der Waals surface area contributed by atoms with Crippen LogP contribution in [0.15, 0.2) is 29.2 Å². The highest BCUT2D eigenvalue weighted by Crippen LogP contribution is 2.11. The number of amides is 1. The first kappa shape index (κ1) is 14.5. The number of carbonyl (C=O) groups is 1. The van der Waals surface area contributed by atoms with Gasteiger partial charge in [0, 0.05) is 6.54 Å². The number of carbonyl (C=O) groups excluding carboxylic acids is 1. The van der Waals surface area contributed by atoms with Gasteiger partial charge in [-0.1, -0.05) is 17.7 Å². The predicted octanol–water partition coefficient (Wildman–Crippen LogP) is 1.51. The minimum Gasteiger partial charge on any atom is -0.450 e. The van der Waals surface area contributed by atoms with Crippen molar-refractivity contribution >= 4 is 15.9 Å². The first-order valence-electron chi connectivity index (χ1n) is 5.66. The van der Waals surface area contributed by atoms with E-state index >= 15 is 0 Å². The molecular weight excluding hydrogens is 254 g/mol. The Morgan fingerprint density at radius 2 is 1.89 bits per heavy atom. The third kappa shape index (κ3) is 4.37. The number of rotatable bonds is 5. The lowest BCUT2D eigenvalue weighted by Crippen LogP contribution is -2.29. The Labute approximate surface area is 107 Å². The number of hydrogen-bond donors (Lipinski definition) is 1. The average Bonchev–Trinajstić information content (AvgIpc) is 2.29. The first-order chi connectivity index (χ1) is 8.45. The molecule has 0 saturated carbocycles. The van der Waals surface area contributed by atoms with Gasteiger partial charge >= 0.3 is 6.09 Å². The highest BCUT2D eigenvalue weighted by atomic mass is 32.2. The minimum atomic E-state index is -3.36. The van der Waals surface area contributed by atoms with E-state index in [4.69, 9.17) is 0 Å². The molecule has 1 N–H and O–H groups in total. The van der Waals surface area contributed by atoms with Crippen molar-refractivity contribution in [2.45, 2.75) is 18.7 Å². The first-order valence-corrected chi connectivity index (χ1v) is 7.31. The molecule has 1 aromatic carbocycles. The largest absolute Gasteiger partial charge is 0.450 e. The molecule has 6 heteroatoms. The zero-order valence-corrected chi connectivity index (χ0v) is 11.3. The molecule has 0 aliphatic heterocycles. The SMILES string of the molecule is CCOC(=O)NCCS(=O)(=O)c1ccc(C)cc1. The summed E-state index contributed by atoms with van der Waals surface area (Å²) < 4.78 is 28.4. The maximum atomic E-state index is 11.9. The highest BCUT2D eigenvalue weighted by Gasteiger charge is 2.14. The molecule has 0 spiro atoms. The molecule has 0 aliphatic rings.